The molecule has 1 fully saturated rings. The predicted octanol–water partition coefficient (Wildman–Crippen LogP) is 3.57. The number of anilines is 3. The molecule has 0 saturated carbocycles. The first kappa shape index (κ1) is 23.4. The second-order valence-corrected chi connectivity index (χ2v) is 9.85. The van der Waals surface area contributed by atoms with Gasteiger partial charge < -0.3 is 14.9 Å². The van der Waals surface area contributed by atoms with Crippen LogP contribution in [0.5, 0.6) is 0 Å². The van der Waals surface area contributed by atoms with Gasteiger partial charge >= 0.3 is 5.97 Å². The lowest BCUT2D eigenvalue weighted by Gasteiger charge is -2.32. The molecule has 4 rings (SSSR count). The highest BCUT2D eigenvalue weighted by Gasteiger charge is 2.33. The summed E-state index contributed by atoms with van der Waals surface area (Å²) in [5.41, 5.74) is 2.18. The summed E-state index contributed by atoms with van der Waals surface area (Å²) >= 11 is 0. The van der Waals surface area contributed by atoms with Crippen LogP contribution in [0.3, 0.4) is 0 Å². The van der Waals surface area contributed by atoms with E-state index in [1.54, 1.807) is 19.2 Å². The molecule has 2 heterocycles. The van der Waals surface area contributed by atoms with E-state index in [1.165, 1.54) is 4.31 Å². The number of hydrogen-bond donors (Lipinski definition) is 1. The van der Waals surface area contributed by atoms with Crippen LogP contribution in [-0.2, 0) is 14.8 Å². The smallest absolute Gasteiger partial charge is 0.307 e. The van der Waals surface area contributed by atoms with Crippen molar-refractivity contribution < 1.29 is 18.3 Å². The number of aliphatic carboxylic acids is 1. The van der Waals surface area contributed by atoms with E-state index in [4.69, 9.17) is 0 Å². The van der Waals surface area contributed by atoms with Crippen LogP contribution in [0.15, 0.2) is 53.4 Å². The Morgan fingerprint density at radius 2 is 1.68 bits per heavy atom. The second kappa shape index (κ2) is 9.46. The molecular weight excluding hydrogens is 438 g/mol. The minimum Gasteiger partial charge on any atom is -0.481 e. The number of carbonyl (C=O) groups is 1. The van der Waals surface area contributed by atoms with Crippen LogP contribution in [0.4, 0.5) is 17.1 Å². The number of benzene rings is 2. The number of hydrogen-bond acceptors (Lipinski definition) is 5. The van der Waals surface area contributed by atoms with Crippen molar-refractivity contribution in [3.8, 4) is 0 Å². The van der Waals surface area contributed by atoms with Crippen molar-refractivity contribution in [2.24, 2.45) is 5.92 Å². The number of sulfonamides is 1. The van der Waals surface area contributed by atoms with Gasteiger partial charge in [0.15, 0.2) is 0 Å². The van der Waals surface area contributed by atoms with Crippen molar-refractivity contribution >= 4 is 45.5 Å². The first-order valence-electron chi connectivity index (χ1n) is 10.3. The van der Waals surface area contributed by atoms with Gasteiger partial charge in [-0.1, -0.05) is 24.3 Å². The van der Waals surface area contributed by atoms with E-state index in [1.807, 2.05) is 36.4 Å². The number of carboxylic acids is 1. The lowest BCUT2D eigenvalue weighted by Crippen LogP contribution is -2.39. The molecule has 2 aliphatic heterocycles. The Balaban J connectivity index is 0.00000272. The molecule has 2 aromatic rings. The standard InChI is InChI=1S/C22H27N3O4S.ClH/c1-23-18-9-2-3-10-19(18)25(20-11-4-5-12-21(20)30(23,28)29)15-7-14-24-13-6-8-17(16-24)22(26)27;/h2-5,9-12,17H,6-8,13-16H2,1H3,(H,26,27);1H/t17-;/m1./s1. The third-order valence-corrected chi connectivity index (χ3v) is 7.84. The molecule has 0 aromatic heterocycles. The Bertz CT molecular complexity index is 1050. The summed E-state index contributed by atoms with van der Waals surface area (Å²) in [4.78, 5) is 15.9. The van der Waals surface area contributed by atoms with Gasteiger partial charge in [-0.05, 0) is 56.6 Å². The van der Waals surface area contributed by atoms with Gasteiger partial charge in [-0.2, -0.15) is 0 Å². The third kappa shape index (κ3) is 4.51. The van der Waals surface area contributed by atoms with Crippen LogP contribution >= 0.6 is 12.4 Å². The van der Waals surface area contributed by atoms with Gasteiger partial charge in [0, 0.05) is 20.1 Å². The fourth-order valence-corrected chi connectivity index (χ4v) is 5.82. The van der Waals surface area contributed by atoms with Gasteiger partial charge in [-0.25, -0.2) is 8.42 Å². The summed E-state index contributed by atoms with van der Waals surface area (Å²) in [7, 11) is -2.06. The molecule has 0 spiro atoms. The molecule has 0 unspecified atom stereocenters. The van der Waals surface area contributed by atoms with E-state index >= 15 is 0 Å². The van der Waals surface area contributed by atoms with Crippen molar-refractivity contribution in [2.45, 2.75) is 24.2 Å². The van der Waals surface area contributed by atoms with Crippen LogP contribution in [0.25, 0.3) is 0 Å². The quantitative estimate of drug-likeness (QED) is 0.727. The SMILES string of the molecule is CN1c2ccccc2N(CCCN2CCC[C@@H](C(=O)O)C2)c2ccccc2S1(=O)=O.Cl. The lowest BCUT2D eigenvalue weighted by atomic mass is 9.98. The van der Waals surface area contributed by atoms with Gasteiger partial charge in [0.2, 0.25) is 0 Å². The summed E-state index contributed by atoms with van der Waals surface area (Å²) in [5, 5.41) is 9.31. The lowest BCUT2D eigenvalue weighted by molar-refractivity contribution is -0.143. The molecule has 9 heteroatoms. The molecule has 0 amide bonds. The van der Waals surface area contributed by atoms with Gasteiger partial charge in [-0.3, -0.25) is 9.10 Å². The maximum atomic E-state index is 13.2. The molecule has 31 heavy (non-hydrogen) atoms. The molecule has 0 radical (unpaired) electrons. The van der Waals surface area contributed by atoms with E-state index in [2.05, 4.69) is 9.80 Å². The maximum absolute atomic E-state index is 13.2. The fourth-order valence-electron chi connectivity index (χ4n) is 4.42. The van der Waals surface area contributed by atoms with E-state index in [-0.39, 0.29) is 18.3 Å². The number of fused-ring (bicyclic) bond motifs is 2. The average molecular weight is 466 g/mol. The Labute approximate surface area is 189 Å². The molecule has 1 saturated heterocycles. The summed E-state index contributed by atoms with van der Waals surface area (Å²) in [6, 6.07) is 14.7. The Hall–Kier alpha value is -2.29. The molecular formula is C22H28ClN3O4S. The molecule has 0 aliphatic carbocycles. The van der Waals surface area contributed by atoms with Gasteiger partial charge in [0.1, 0.15) is 4.90 Å². The van der Waals surface area contributed by atoms with E-state index in [0.29, 0.717) is 29.4 Å². The van der Waals surface area contributed by atoms with Gasteiger partial charge in [-0.15, -0.1) is 12.4 Å². The van der Waals surface area contributed by atoms with Crippen LogP contribution in [0, 0.1) is 5.92 Å². The minimum absolute atomic E-state index is 0. The zero-order valence-electron chi connectivity index (χ0n) is 17.5. The largest absolute Gasteiger partial charge is 0.481 e. The monoisotopic (exact) mass is 465 g/mol. The van der Waals surface area contributed by atoms with Crippen molar-refractivity contribution in [3.63, 3.8) is 0 Å². The summed E-state index contributed by atoms with van der Waals surface area (Å²) in [5.74, 6) is -1.01. The molecule has 1 N–H and O–H groups in total. The zero-order chi connectivity index (χ0) is 21.3. The van der Waals surface area contributed by atoms with E-state index < -0.39 is 16.0 Å². The van der Waals surface area contributed by atoms with Crippen molar-refractivity contribution in [1.29, 1.82) is 0 Å². The molecule has 7 nitrogen and oxygen atoms in total. The molecule has 0 bridgehead atoms. The first-order valence-corrected chi connectivity index (χ1v) is 11.7. The van der Waals surface area contributed by atoms with E-state index in [9.17, 15) is 18.3 Å². The molecule has 168 valence electrons. The average Bonchev–Trinajstić information content (AvgIpc) is 2.82. The number of para-hydroxylation sites is 3. The van der Waals surface area contributed by atoms with Gasteiger partial charge in [0.05, 0.1) is 23.0 Å². The number of carboxylic acid groups (broad SMARTS) is 1. The van der Waals surface area contributed by atoms with Crippen molar-refractivity contribution in [3.05, 3.63) is 48.5 Å². The van der Waals surface area contributed by atoms with Crippen LogP contribution in [0.1, 0.15) is 19.3 Å². The van der Waals surface area contributed by atoms with Crippen molar-refractivity contribution in [1.82, 2.24) is 4.90 Å². The summed E-state index contributed by atoms with van der Waals surface area (Å²) < 4.78 is 27.7. The number of nitrogens with zero attached hydrogens (tertiary/aromatic N) is 3. The highest BCUT2D eigenvalue weighted by atomic mass is 35.5. The topological polar surface area (TPSA) is 81.2 Å². The Morgan fingerprint density at radius 1 is 1.03 bits per heavy atom. The summed E-state index contributed by atoms with van der Waals surface area (Å²) in [6.45, 7) is 2.92. The third-order valence-electron chi connectivity index (χ3n) is 6.02. The highest BCUT2D eigenvalue weighted by molar-refractivity contribution is 7.93. The Morgan fingerprint density at radius 3 is 2.39 bits per heavy atom. The predicted molar refractivity (Wildman–Crippen MR) is 124 cm³/mol. The zero-order valence-corrected chi connectivity index (χ0v) is 19.1. The van der Waals surface area contributed by atoms with Crippen LogP contribution < -0.4 is 9.21 Å². The van der Waals surface area contributed by atoms with Crippen LogP contribution in [0.2, 0.25) is 0 Å². The number of piperidine rings is 1. The number of rotatable bonds is 5. The summed E-state index contributed by atoms with van der Waals surface area (Å²) in [6.07, 6.45) is 2.44. The number of likely N-dealkylation sites (tertiary alicyclic amines) is 1. The highest BCUT2D eigenvalue weighted by Crippen LogP contribution is 2.43. The molecule has 2 aromatic carbocycles. The second-order valence-electron chi connectivity index (χ2n) is 7.91. The fraction of sp³-hybridized carbons (Fsp3) is 0.409. The maximum Gasteiger partial charge on any atom is 0.307 e. The molecule has 1 atom stereocenters. The first-order chi connectivity index (χ1) is 14.4. The van der Waals surface area contributed by atoms with Gasteiger partial charge in [0.25, 0.3) is 10.0 Å². The van der Waals surface area contributed by atoms with Crippen LogP contribution in [-0.4, -0.2) is 57.6 Å². The van der Waals surface area contributed by atoms with Crippen molar-refractivity contribution in [2.75, 3.05) is 42.4 Å². The Kier molecular flexibility index (Phi) is 7.13. The number of halogens is 1. The molecule has 2 aliphatic rings. The normalized spacial score (nSPS) is 20.2. The minimum atomic E-state index is -3.65. The van der Waals surface area contributed by atoms with E-state index in [0.717, 1.165) is 38.0 Å².